The van der Waals surface area contributed by atoms with Gasteiger partial charge in [-0.15, -0.1) is 0 Å². The predicted molar refractivity (Wildman–Crippen MR) is 160 cm³/mol. The molecule has 0 saturated carbocycles. The van der Waals surface area contributed by atoms with Crippen molar-refractivity contribution >= 4 is 50.0 Å². The van der Waals surface area contributed by atoms with Crippen molar-refractivity contribution in [3.8, 4) is 0 Å². The zero-order valence-corrected chi connectivity index (χ0v) is 26.6. The Morgan fingerprint density at radius 1 is 1.14 bits per heavy atom. The van der Waals surface area contributed by atoms with Gasteiger partial charge in [-0.1, -0.05) is 30.1 Å². The Labute approximate surface area is 261 Å². The van der Waals surface area contributed by atoms with E-state index in [-0.39, 0.29) is 51.4 Å². The number of amides is 1. The largest absolute Gasteiger partial charge is 0.444 e. The molecular weight excluding hydrogens is 648 g/mol. The average molecular weight is 680 g/mol. The average Bonchev–Trinajstić information content (AvgIpc) is 3.33. The molecule has 0 aliphatic carbocycles. The molecule has 0 unspecified atom stereocenters. The summed E-state index contributed by atoms with van der Waals surface area (Å²) >= 11 is 12.5. The van der Waals surface area contributed by atoms with Crippen molar-refractivity contribution in [3.63, 3.8) is 0 Å². The molecule has 1 saturated heterocycles. The molecule has 4 rings (SSSR count). The topological polar surface area (TPSA) is 131 Å². The van der Waals surface area contributed by atoms with Crippen molar-refractivity contribution in [2.45, 2.75) is 69.9 Å². The minimum Gasteiger partial charge on any atom is -0.444 e. The summed E-state index contributed by atoms with van der Waals surface area (Å²) in [6.07, 6.45) is -5.11. The number of carbonyl (C=O) groups excluding carboxylic acids is 1. The van der Waals surface area contributed by atoms with Crippen molar-refractivity contribution in [1.29, 1.82) is 0 Å². The summed E-state index contributed by atoms with van der Waals surface area (Å²) in [7, 11) is -3.79. The highest BCUT2D eigenvalue weighted by molar-refractivity contribution is 7.91. The summed E-state index contributed by atoms with van der Waals surface area (Å²) in [5.74, 6) is -0.271. The fourth-order valence-corrected chi connectivity index (χ4v) is 6.65. The highest BCUT2D eigenvalue weighted by Crippen LogP contribution is 2.39. The van der Waals surface area contributed by atoms with Crippen LogP contribution in [-0.4, -0.2) is 59.4 Å². The standard InChI is InChI=1S/C28H31Cl2F3N4O6S/c1-5-44(41,42)21-7-6-16(29)10-15(21)12-37-24(38)18-11-20(28(31,32)33)19(22(30)23(18)35-25(37)39)14-36-9-8-17(13-36)34-26(40)43-27(2,3)4/h6-7,10-11,17H,5,8-9,12-14H2,1-4H3,(H,34,40)(H,35,39)/t17-/m0/s1. The molecule has 0 radical (unpaired) electrons. The van der Waals surface area contributed by atoms with Crippen molar-refractivity contribution in [2.24, 2.45) is 0 Å². The number of halogens is 5. The number of benzene rings is 2. The minimum atomic E-state index is -4.91. The van der Waals surface area contributed by atoms with E-state index in [1.807, 2.05) is 0 Å². The van der Waals surface area contributed by atoms with Gasteiger partial charge in [0.1, 0.15) is 5.60 Å². The molecule has 1 fully saturated rings. The Morgan fingerprint density at radius 3 is 2.43 bits per heavy atom. The molecule has 1 aromatic heterocycles. The molecule has 44 heavy (non-hydrogen) atoms. The van der Waals surface area contributed by atoms with Gasteiger partial charge in [-0.25, -0.2) is 18.0 Å². The van der Waals surface area contributed by atoms with Gasteiger partial charge in [0.05, 0.1) is 38.7 Å². The maximum atomic E-state index is 14.3. The second kappa shape index (κ2) is 12.4. The Balaban J connectivity index is 1.73. The molecule has 3 aromatic rings. The molecule has 1 atom stereocenters. The summed E-state index contributed by atoms with van der Waals surface area (Å²) < 4.78 is 74.1. The van der Waals surface area contributed by atoms with Gasteiger partial charge in [0, 0.05) is 30.7 Å². The lowest BCUT2D eigenvalue weighted by molar-refractivity contribution is -0.138. The van der Waals surface area contributed by atoms with Crippen LogP contribution in [0.25, 0.3) is 10.9 Å². The van der Waals surface area contributed by atoms with Crippen molar-refractivity contribution in [2.75, 3.05) is 18.8 Å². The van der Waals surface area contributed by atoms with Crippen molar-refractivity contribution < 1.29 is 31.1 Å². The lowest BCUT2D eigenvalue weighted by atomic mass is 10.0. The van der Waals surface area contributed by atoms with Crippen LogP contribution >= 0.6 is 23.2 Å². The van der Waals surface area contributed by atoms with Crippen LogP contribution in [-0.2, 0) is 33.8 Å². The lowest BCUT2D eigenvalue weighted by Gasteiger charge is -2.23. The number of hydrogen-bond donors (Lipinski definition) is 2. The van der Waals surface area contributed by atoms with Crippen LogP contribution in [0.5, 0.6) is 0 Å². The van der Waals surface area contributed by atoms with Gasteiger partial charge in [-0.2, -0.15) is 13.2 Å². The van der Waals surface area contributed by atoms with E-state index in [2.05, 4.69) is 10.3 Å². The summed E-state index contributed by atoms with van der Waals surface area (Å²) in [6, 6.07) is 4.12. The molecule has 1 aliphatic heterocycles. The molecule has 240 valence electrons. The van der Waals surface area contributed by atoms with E-state index in [0.29, 0.717) is 23.6 Å². The number of fused-ring (bicyclic) bond motifs is 1. The Morgan fingerprint density at radius 2 is 1.82 bits per heavy atom. The maximum Gasteiger partial charge on any atom is 0.416 e. The number of nitrogens with one attached hydrogen (secondary N) is 2. The Hall–Kier alpha value is -3.07. The monoisotopic (exact) mass is 678 g/mol. The van der Waals surface area contributed by atoms with Crippen LogP contribution in [0.15, 0.2) is 38.8 Å². The van der Waals surface area contributed by atoms with Gasteiger partial charge in [-0.05, 0) is 62.6 Å². The Kier molecular flexibility index (Phi) is 9.51. The van der Waals surface area contributed by atoms with Crippen LogP contribution in [0.1, 0.15) is 50.8 Å². The van der Waals surface area contributed by atoms with Gasteiger partial charge in [-0.3, -0.25) is 14.3 Å². The number of aromatic nitrogens is 2. The van der Waals surface area contributed by atoms with E-state index in [1.54, 1.807) is 25.7 Å². The van der Waals surface area contributed by atoms with Crippen LogP contribution < -0.4 is 16.6 Å². The zero-order valence-electron chi connectivity index (χ0n) is 24.3. The number of nitrogens with zero attached hydrogens (tertiary/aromatic N) is 2. The first-order chi connectivity index (χ1) is 20.3. The predicted octanol–water partition coefficient (Wildman–Crippen LogP) is 4.96. The van der Waals surface area contributed by atoms with Gasteiger partial charge in [0.15, 0.2) is 9.84 Å². The summed E-state index contributed by atoms with van der Waals surface area (Å²) in [5.41, 5.74) is -4.58. The van der Waals surface area contributed by atoms with Gasteiger partial charge >= 0.3 is 18.0 Å². The van der Waals surface area contributed by atoms with Crippen LogP contribution in [0, 0.1) is 0 Å². The normalized spacial score (nSPS) is 16.4. The lowest BCUT2D eigenvalue weighted by Crippen LogP contribution is -2.40. The number of alkyl halides is 3. The second-order valence-corrected chi connectivity index (χ2v) is 14.5. The first-order valence-electron chi connectivity index (χ1n) is 13.6. The molecular formula is C28H31Cl2F3N4O6S. The van der Waals surface area contributed by atoms with E-state index in [9.17, 15) is 36.0 Å². The molecule has 1 amide bonds. The third-order valence-corrected chi connectivity index (χ3v) is 9.55. The molecule has 2 aromatic carbocycles. The number of ether oxygens (including phenoxy) is 1. The third-order valence-electron chi connectivity index (χ3n) is 7.07. The number of H-pyrrole nitrogens is 1. The van der Waals surface area contributed by atoms with Gasteiger partial charge in [0.25, 0.3) is 5.56 Å². The number of alkyl carbamates (subject to hydrolysis) is 1. The molecule has 2 heterocycles. The zero-order chi connectivity index (χ0) is 32.8. The summed E-state index contributed by atoms with van der Waals surface area (Å²) in [6.45, 7) is 6.25. The molecule has 2 N–H and O–H groups in total. The van der Waals surface area contributed by atoms with E-state index in [1.165, 1.54) is 25.1 Å². The third kappa shape index (κ3) is 7.41. The molecule has 0 bridgehead atoms. The van der Waals surface area contributed by atoms with E-state index in [4.69, 9.17) is 27.9 Å². The van der Waals surface area contributed by atoms with E-state index in [0.717, 1.165) is 0 Å². The van der Waals surface area contributed by atoms with Gasteiger partial charge < -0.3 is 15.0 Å². The highest BCUT2D eigenvalue weighted by Gasteiger charge is 2.37. The minimum absolute atomic E-state index is 0.0219. The summed E-state index contributed by atoms with van der Waals surface area (Å²) in [4.78, 5) is 42.6. The Bertz CT molecular complexity index is 1830. The number of hydrogen-bond acceptors (Lipinski definition) is 7. The number of carbonyl (C=O) groups is 1. The molecule has 0 spiro atoms. The quantitative estimate of drug-likeness (QED) is 0.361. The van der Waals surface area contributed by atoms with Crippen molar-refractivity contribution in [3.05, 3.63) is 71.8 Å². The molecule has 16 heteroatoms. The van der Waals surface area contributed by atoms with Crippen LogP contribution in [0.4, 0.5) is 18.0 Å². The van der Waals surface area contributed by atoms with Gasteiger partial charge in [0.2, 0.25) is 0 Å². The smallest absolute Gasteiger partial charge is 0.416 e. The maximum absolute atomic E-state index is 14.3. The SMILES string of the molecule is CCS(=O)(=O)c1ccc(Cl)cc1Cn1c(=O)[nH]c2c(Cl)c(CN3CC[C@H](NC(=O)OC(C)(C)C)C3)c(C(F)(F)F)cc2c1=O. The number of rotatable bonds is 7. The first kappa shape index (κ1) is 33.8. The van der Waals surface area contributed by atoms with Crippen LogP contribution in [0.3, 0.4) is 0 Å². The van der Waals surface area contributed by atoms with E-state index >= 15 is 0 Å². The first-order valence-corrected chi connectivity index (χ1v) is 16.0. The van der Waals surface area contributed by atoms with E-state index < -0.39 is 61.5 Å². The van der Waals surface area contributed by atoms with Crippen molar-refractivity contribution in [1.82, 2.24) is 19.8 Å². The molecule has 10 nitrogen and oxygen atoms in total. The number of aromatic amines is 1. The number of likely N-dealkylation sites (tertiary alicyclic amines) is 1. The molecule has 1 aliphatic rings. The highest BCUT2D eigenvalue weighted by atomic mass is 35.5. The fourth-order valence-electron chi connectivity index (χ4n) is 5.04. The van der Waals surface area contributed by atoms with Crippen LogP contribution in [0.2, 0.25) is 10.0 Å². The second-order valence-electron chi connectivity index (χ2n) is 11.5. The number of sulfone groups is 1. The fraction of sp³-hybridized carbons (Fsp3) is 0.464. The summed E-state index contributed by atoms with van der Waals surface area (Å²) in [5, 5.41) is 1.89.